The van der Waals surface area contributed by atoms with Gasteiger partial charge in [0.05, 0.1) is 5.69 Å². The van der Waals surface area contributed by atoms with Crippen LogP contribution in [0.3, 0.4) is 0 Å². The Kier molecular flexibility index (Phi) is 8.59. The van der Waals surface area contributed by atoms with Crippen molar-refractivity contribution >= 4 is 183 Å². The molecule has 12 aromatic rings. The molecule has 0 spiro atoms. The van der Waals surface area contributed by atoms with Crippen LogP contribution in [0.1, 0.15) is 0 Å². The van der Waals surface area contributed by atoms with Gasteiger partial charge in [0, 0.05) is 33.1 Å². The van der Waals surface area contributed by atoms with E-state index in [-0.39, 0.29) is 43.7 Å². The van der Waals surface area contributed by atoms with Gasteiger partial charge in [-0.2, -0.15) is 0 Å². The molecule has 0 amide bonds. The molecule has 12 heteroatoms. The third-order valence-electron chi connectivity index (χ3n) is 12.8. The second-order valence-corrected chi connectivity index (χ2v) is 16.2. The van der Waals surface area contributed by atoms with Crippen molar-refractivity contribution < 1.29 is 4.42 Å². The van der Waals surface area contributed by atoms with Crippen molar-refractivity contribution in [3.8, 4) is 39.5 Å². The van der Waals surface area contributed by atoms with E-state index in [4.69, 9.17) is 77.2 Å². The molecule has 0 saturated carbocycles. The standard InChI is InChI=1S/C52H23B8N3O/c53-39-37-38-40(54)42(56)44(58)46(60)50(38)63(49(37)45(59)43(57)41(39)55)35-23-34-30-18-10-8-16-28(30)27-15-7-9-17-29(27)33(34)22-32(35)26-19-20-31-36(21-26)64-51-47(24-11-3-1-4-12-24)61-52(62-48(31)51)25-13-5-2-6-14-25/h1-23H. The number of aromatic nitrogens is 3. The zero-order valence-electron chi connectivity index (χ0n) is 34.1. The molecule has 3 aromatic heterocycles. The predicted molar refractivity (Wildman–Crippen MR) is 276 cm³/mol. The number of furan rings is 1. The average Bonchev–Trinajstić information content (AvgIpc) is 3.90. The van der Waals surface area contributed by atoms with Crippen molar-refractivity contribution in [3.63, 3.8) is 0 Å². The SMILES string of the molecule is [B]c1c([B])c([B])c2c(c1[B])c1c([B])c([B])c([B])c([B])c1n2-c1cc2c3ccccc3c3ccccc3c2cc1-c1ccc2c(c1)oc1c(-c3ccccc3)nc(-c3ccccc3)nc12. The summed E-state index contributed by atoms with van der Waals surface area (Å²) < 4.78 is 8.78. The summed E-state index contributed by atoms with van der Waals surface area (Å²) in [6, 6.07) is 47.2. The molecule has 3 heterocycles. The molecule has 9 aromatic carbocycles. The Balaban J connectivity index is 1.25. The highest BCUT2D eigenvalue weighted by molar-refractivity contribution is 6.71. The van der Waals surface area contributed by atoms with Crippen molar-refractivity contribution in [1.82, 2.24) is 14.5 Å². The number of benzene rings is 9. The van der Waals surface area contributed by atoms with E-state index in [1.807, 2.05) is 83.4 Å². The Morgan fingerprint density at radius 2 is 0.875 bits per heavy atom. The zero-order chi connectivity index (χ0) is 43.7. The lowest BCUT2D eigenvalue weighted by Gasteiger charge is -2.21. The number of nitrogens with zero attached hydrogens (tertiary/aromatic N) is 3. The molecular formula is C52H23B8N3O. The first-order chi connectivity index (χ1) is 31.1. The summed E-state index contributed by atoms with van der Waals surface area (Å²) in [5.74, 6) is 0.592. The van der Waals surface area contributed by atoms with Gasteiger partial charge in [0.15, 0.2) is 11.4 Å². The number of hydrogen-bond acceptors (Lipinski definition) is 3. The van der Waals surface area contributed by atoms with E-state index in [2.05, 4.69) is 60.7 Å². The molecule has 0 N–H and O–H groups in total. The largest absolute Gasteiger partial charge is 0.452 e. The molecule has 0 aliphatic carbocycles. The molecule has 0 aliphatic rings. The van der Waals surface area contributed by atoms with Crippen LogP contribution in [0.5, 0.6) is 0 Å². The predicted octanol–water partition coefficient (Wildman–Crippen LogP) is 4.28. The molecule has 64 heavy (non-hydrogen) atoms. The van der Waals surface area contributed by atoms with Gasteiger partial charge in [-0.15, -0.1) is 21.9 Å². The van der Waals surface area contributed by atoms with Gasteiger partial charge < -0.3 is 8.98 Å². The van der Waals surface area contributed by atoms with Crippen molar-refractivity contribution in [2.45, 2.75) is 0 Å². The van der Waals surface area contributed by atoms with Crippen LogP contribution in [0.15, 0.2) is 144 Å². The first-order valence-corrected chi connectivity index (χ1v) is 20.7. The van der Waals surface area contributed by atoms with Gasteiger partial charge in [0.2, 0.25) is 0 Å². The van der Waals surface area contributed by atoms with Crippen LogP contribution >= 0.6 is 0 Å². The summed E-state index contributed by atoms with van der Waals surface area (Å²) in [7, 11) is 54.1. The summed E-state index contributed by atoms with van der Waals surface area (Å²) in [5, 5.41) is 8.09. The van der Waals surface area contributed by atoms with Crippen molar-refractivity contribution in [3.05, 3.63) is 140 Å². The van der Waals surface area contributed by atoms with Gasteiger partial charge in [-0.05, 0) is 72.9 Å². The monoisotopic (exact) mass is 793 g/mol. The molecule has 0 unspecified atom stereocenters. The first-order valence-electron chi connectivity index (χ1n) is 20.7. The van der Waals surface area contributed by atoms with E-state index in [9.17, 15) is 0 Å². The van der Waals surface area contributed by atoms with Crippen LogP contribution in [0.25, 0.3) is 116 Å². The Hall–Kier alpha value is -7.04. The van der Waals surface area contributed by atoms with E-state index in [1.165, 1.54) is 0 Å². The van der Waals surface area contributed by atoms with Crippen LogP contribution < -0.4 is 43.7 Å². The lowest BCUT2D eigenvalue weighted by atomic mass is 9.63. The van der Waals surface area contributed by atoms with Gasteiger partial charge >= 0.3 is 0 Å². The van der Waals surface area contributed by atoms with Crippen molar-refractivity contribution in [1.29, 1.82) is 0 Å². The van der Waals surface area contributed by atoms with E-state index >= 15 is 0 Å². The van der Waals surface area contributed by atoms with Crippen LogP contribution in [0.2, 0.25) is 0 Å². The third-order valence-corrected chi connectivity index (χ3v) is 12.8. The minimum Gasteiger partial charge on any atom is -0.452 e. The summed E-state index contributed by atoms with van der Waals surface area (Å²) in [5.41, 5.74) is 8.83. The Labute approximate surface area is 378 Å². The number of hydrogen-bond donors (Lipinski definition) is 0. The van der Waals surface area contributed by atoms with Crippen LogP contribution in [-0.4, -0.2) is 77.3 Å². The van der Waals surface area contributed by atoms with E-state index in [0.29, 0.717) is 55.7 Å². The molecule has 0 fully saturated rings. The van der Waals surface area contributed by atoms with Crippen molar-refractivity contribution in [2.24, 2.45) is 0 Å². The lowest BCUT2D eigenvalue weighted by molar-refractivity contribution is 0.667. The smallest absolute Gasteiger partial charge is 0.180 e. The molecule has 12 rings (SSSR count). The third kappa shape index (κ3) is 5.41. The molecule has 0 bridgehead atoms. The Bertz CT molecular complexity index is 3920. The van der Waals surface area contributed by atoms with Gasteiger partial charge in [-0.25, -0.2) is 9.97 Å². The molecule has 4 nitrogen and oxygen atoms in total. The summed E-state index contributed by atoms with van der Waals surface area (Å²) in [6.07, 6.45) is 0. The highest BCUT2D eigenvalue weighted by Crippen LogP contribution is 2.43. The Morgan fingerprint density at radius 3 is 1.44 bits per heavy atom. The highest BCUT2D eigenvalue weighted by atomic mass is 16.3. The van der Waals surface area contributed by atoms with Crippen LogP contribution in [0, 0.1) is 0 Å². The van der Waals surface area contributed by atoms with Gasteiger partial charge in [0.25, 0.3) is 0 Å². The fourth-order valence-electron chi connectivity index (χ4n) is 9.63. The lowest BCUT2D eigenvalue weighted by Crippen LogP contribution is -2.49. The normalized spacial score (nSPS) is 11.9. The number of fused-ring (bicyclic) bond motifs is 12. The summed E-state index contributed by atoms with van der Waals surface area (Å²) in [6.45, 7) is 0. The van der Waals surface area contributed by atoms with Gasteiger partial charge in [0.1, 0.15) is 79.6 Å². The second kappa shape index (κ2) is 14.2. The first kappa shape index (κ1) is 38.6. The molecule has 0 saturated heterocycles. The summed E-state index contributed by atoms with van der Waals surface area (Å²) >= 11 is 0. The van der Waals surface area contributed by atoms with Gasteiger partial charge in [-0.3, -0.25) is 0 Å². The quantitative estimate of drug-likeness (QED) is 0.198. The molecular weight excluding hydrogens is 769 g/mol. The fraction of sp³-hybridized carbons (Fsp3) is 0. The maximum Gasteiger partial charge on any atom is 0.180 e. The average molecular weight is 792 g/mol. The van der Waals surface area contributed by atoms with Crippen LogP contribution in [0.4, 0.5) is 0 Å². The maximum absolute atomic E-state index is 7.01. The van der Waals surface area contributed by atoms with E-state index in [1.54, 1.807) is 0 Å². The Morgan fingerprint density at radius 1 is 0.391 bits per heavy atom. The van der Waals surface area contributed by atoms with E-state index in [0.717, 1.165) is 60.0 Å². The number of rotatable bonds is 4. The van der Waals surface area contributed by atoms with Gasteiger partial charge in [-0.1, -0.05) is 137 Å². The summed E-state index contributed by atoms with van der Waals surface area (Å²) in [4.78, 5) is 10.2. The minimum atomic E-state index is 0.123. The van der Waals surface area contributed by atoms with Crippen molar-refractivity contribution in [2.75, 3.05) is 0 Å². The maximum atomic E-state index is 7.01. The zero-order valence-corrected chi connectivity index (χ0v) is 34.1. The second-order valence-electron chi connectivity index (χ2n) is 16.2. The van der Waals surface area contributed by atoms with E-state index < -0.39 is 0 Å². The highest BCUT2D eigenvalue weighted by Gasteiger charge is 2.26. The molecule has 16 radical (unpaired) electrons. The minimum absolute atomic E-state index is 0.123. The van der Waals surface area contributed by atoms with Crippen LogP contribution in [-0.2, 0) is 0 Å². The molecule has 276 valence electrons. The molecule has 0 atom stereocenters. The fourth-order valence-corrected chi connectivity index (χ4v) is 9.63. The topological polar surface area (TPSA) is 43.9 Å². The molecule has 0 aliphatic heterocycles.